The monoisotopic (exact) mass is 549 g/mol. The van der Waals surface area contributed by atoms with Gasteiger partial charge in [-0.05, 0) is 44.9 Å². The molecule has 0 unspecified atom stereocenters. The van der Waals surface area contributed by atoms with Crippen LogP contribution in [0.4, 0.5) is 5.69 Å². The molecule has 0 bridgehead atoms. The number of ether oxygens (including phenoxy) is 1. The highest BCUT2D eigenvalue weighted by atomic mass is 127. The lowest BCUT2D eigenvalue weighted by molar-refractivity contribution is 0.0264. The maximum absolute atomic E-state index is 6.34. The maximum atomic E-state index is 6.34. The molecule has 0 aliphatic carbocycles. The number of halogens is 2. The third kappa shape index (κ3) is 7.43. The van der Waals surface area contributed by atoms with Crippen LogP contribution < -0.4 is 10.2 Å². The zero-order chi connectivity index (χ0) is 20.5. The zero-order valence-electron chi connectivity index (χ0n) is 18.4. The summed E-state index contributed by atoms with van der Waals surface area (Å²) in [7, 11) is 1.88. The van der Waals surface area contributed by atoms with Crippen LogP contribution in [0.3, 0.4) is 0 Å². The van der Waals surface area contributed by atoms with E-state index in [1.54, 1.807) is 0 Å². The number of anilines is 1. The Hall–Kier alpha value is -0.770. The van der Waals surface area contributed by atoms with Crippen molar-refractivity contribution >= 4 is 47.2 Å². The molecule has 170 valence electrons. The Kier molecular flexibility index (Phi) is 11.6. The second kappa shape index (κ2) is 13.6. The molecule has 3 rings (SSSR count). The minimum atomic E-state index is 0. The Morgan fingerprint density at radius 1 is 1.13 bits per heavy atom. The summed E-state index contributed by atoms with van der Waals surface area (Å²) in [6.45, 7) is 11.3. The average molecular weight is 550 g/mol. The highest BCUT2D eigenvalue weighted by Gasteiger charge is 2.22. The van der Waals surface area contributed by atoms with Crippen LogP contribution in [0.2, 0.25) is 5.02 Å². The van der Waals surface area contributed by atoms with Crippen molar-refractivity contribution in [3.05, 3.63) is 29.3 Å². The molecule has 6 nitrogen and oxygen atoms in total. The molecule has 0 atom stereocenters. The van der Waals surface area contributed by atoms with E-state index in [1.165, 1.54) is 0 Å². The SMILES string of the molecule is CCOC1CCN(C(=NC)NCCCN2CCN(c3ccccc3Cl)CC2)CC1.I. The van der Waals surface area contributed by atoms with Gasteiger partial charge >= 0.3 is 0 Å². The number of guanidine groups is 1. The fraction of sp³-hybridized carbons (Fsp3) is 0.682. The van der Waals surface area contributed by atoms with Gasteiger partial charge in [0, 0.05) is 59.5 Å². The van der Waals surface area contributed by atoms with Gasteiger partial charge in [0.25, 0.3) is 0 Å². The largest absolute Gasteiger partial charge is 0.378 e. The molecule has 8 heteroatoms. The summed E-state index contributed by atoms with van der Waals surface area (Å²) in [5, 5.41) is 4.40. The Morgan fingerprint density at radius 2 is 1.83 bits per heavy atom. The van der Waals surface area contributed by atoms with Gasteiger partial charge < -0.3 is 19.9 Å². The Balaban J connectivity index is 0.00000320. The van der Waals surface area contributed by atoms with Crippen molar-refractivity contribution in [2.24, 2.45) is 4.99 Å². The smallest absolute Gasteiger partial charge is 0.193 e. The number of nitrogens with zero attached hydrogens (tertiary/aromatic N) is 4. The van der Waals surface area contributed by atoms with E-state index in [-0.39, 0.29) is 24.0 Å². The van der Waals surface area contributed by atoms with Crippen LogP contribution in [-0.2, 0) is 4.74 Å². The van der Waals surface area contributed by atoms with Crippen LogP contribution in [0, 0.1) is 0 Å². The predicted octanol–water partition coefficient (Wildman–Crippen LogP) is 3.55. The lowest BCUT2D eigenvalue weighted by Gasteiger charge is -2.36. The number of para-hydroxylation sites is 1. The van der Waals surface area contributed by atoms with E-state index in [4.69, 9.17) is 16.3 Å². The molecule has 1 aromatic carbocycles. The van der Waals surface area contributed by atoms with Gasteiger partial charge in [0.2, 0.25) is 0 Å². The molecular weight excluding hydrogens is 513 g/mol. The molecule has 0 saturated carbocycles. The summed E-state index contributed by atoms with van der Waals surface area (Å²) < 4.78 is 5.75. The lowest BCUT2D eigenvalue weighted by Crippen LogP contribution is -2.48. The van der Waals surface area contributed by atoms with Crippen LogP contribution in [-0.4, -0.2) is 87.9 Å². The summed E-state index contributed by atoms with van der Waals surface area (Å²) in [5.74, 6) is 1.03. The third-order valence-electron chi connectivity index (χ3n) is 5.86. The summed E-state index contributed by atoms with van der Waals surface area (Å²) in [6, 6.07) is 8.14. The highest BCUT2D eigenvalue weighted by Crippen LogP contribution is 2.26. The molecule has 2 saturated heterocycles. The summed E-state index contributed by atoms with van der Waals surface area (Å²) in [5.41, 5.74) is 1.16. The first-order valence-electron chi connectivity index (χ1n) is 11.0. The number of aliphatic imine (C=N–C) groups is 1. The fourth-order valence-electron chi connectivity index (χ4n) is 4.23. The first-order chi connectivity index (χ1) is 14.2. The van der Waals surface area contributed by atoms with Crippen molar-refractivity contribution in [3.8, 4) is 0 Å². The van der Waals surface area contributed by atoms with Crippen molar-refractivity contribution in [3.63, 3.8) is 0 Å². The average Bonchev–Trinajstić information content (AvgIpc) is 2.76. The quantitative estimate of drug-likeness (QED) is 0.244. The van der Waals surface area contributed by atoms with E-state index in [9.17, 15) is 0 Å². The zero-order valence-corrected chi connectivity index (χ0v) is 21.4. The molecule has 2 aliphatic heterocycles. The van der Waals surface area contributed by atoms with Crippen LogP contribution in [0.15, 0.2) is 29.3 Å². The van der Waals surface area contributed by atoms with Gasteiger partial charge in [-0.15, -0.1) is 24.0 Å². The molecule has 0 spiro atoms. The minimum absolute atomic E-state index is 0. The third-order valence-corrected chi connectivity index (χ3v) is 6.17. The van der Waals surface area contributed by atoms with E-state index in [0.717, 1.165) is 94.9 Å². The topological polar surface area (TPSA) is 43.3 Å². The van der Waals surface area contributed by atoms with Crippen LogP contribution in [0.5, 0.6) is 0 Å². The number of nitrogens with one attached hydrogen (secondary N) is 1. The van der Waals surface area contributed by atoms with Gasteiger partial charge in [-0.2, -0.15) is 0 Å². The Bertz CT molecular complexity index is 646. The van der Waals surface area contributed by atoms with Crippen molar-refractivity contribution in [1.82, 2.24) is 15.1 Å². The first kappa shape index (κ1) is 25.5. The molecule has 2 aliphatic rings. The summed E-state index contributed by atoms with van der Waals surface area (Å²) >= 11 is 6.34. The van der Waals surface area contributed by atoms with E-state index >= 15 is 0 Å². The second-order valence-corrected chi connectivity index (χ2v) is 8.16. The Morgan fingerprint density at radius 3 is 2.47 bits per heavy atom. The number of piperazine rings is 1. The molecule has 0 aromatic heterocycles. The number of hydrogen-bond donors (Lipinski definition) is 1. The molecule has 1 aromatic rings. The normalized spacial score (nSPS) is 19.0. The van der Waals surface area contributed by atoms with Crippen molar-refractivity contribution in [2.45, 2.75) is 32.3 Å². The second-order valence-electron chi connectivity index (χ2n) is 7.75. The van der Waals surface area contributed by atoms with E-state index in [2.05, 4.69) is 44.1 Å². The van der Waals surface area contributed by atoms with Crippen molar-refractivity contribution in [1.29, 1.82) is 0 Å². The fourth-order valence-corrected chi connectivity index (χ4v) is 4.48. The molecular formula is C22H37ClIN5O. The molecule has 2 heterocycles. The number of benzene rings is 1. The van der Waals surface area contributed by atoms with E-state index in [0.29, 0.717) is 6.10 Å². The number of piperidine rings is 1. The molecule has 30 heavy (non-hydrogen) atoms. The van der Waals surface area contributed by atoms with Gasteiger partial charge in [0.05, 0.1) is 16.8 Å². The summed E-state index contributed by atoms with van der Waals surface area (Å²) in [4.78, 5) is 11.8. The molecule has 1 N–H and O–H groups in total. The van der Waals surface area contributed by atoms with Gasteiger partial charge in [-0.3, -0.25) is 9.89 Å². The van der Waals surface area contributed by atoms with Crippen LogP contribution in [0.1, 0.15) is 26.2 Å². The van der Waals surface area contributed by atoms with Crippen molar-refractivity contribution in [2.75, 3.05) is 70.9 Å². The van der Waals surface area contributed by atoms with E-state index in [1.807, 2.05) is 19.2 Å². The molecule has 0 radical (unpaired) electrons. The van der Waals surface area contributed by atoms with Crippen LogP contribution in [0.25, 0.3) is 0 Å². The summed E-state index contributed by atoms with van der Waals surface area (Å²) in [6.07, 6.45) is 3.72. The van der Waals surface area contributed by atoms with Crippen LogP contribution >= 0.6 is 35.6 Å². The van der Waals surface area contributed by atoms with Gasteiger partial charge in [-0.1, -0.05) is 23.7 Å². The Labute approximate surface area is 204 Å². The maximum Gasteiger partial charge on any atom is 0.193 e. The van der Waals surface area contributed by atoms with Gasteiger partial charge in [-0.25, -0.2) is 0 Å². The number of rotatable bonds is 7. The minimum Gasteiger partial charge on any atom is -0.378 e. The highest BCUT2D eigenvalue weighted by molar-refractivity contribution is 14.0. The van der Waals surface area contributed by atoms with E-state index < -0.39 is 0 Å². The predicted molar refractivity (Wildman–Crippen MR) is 138 cm³/mol. The number of hydrogen-bond acceptors (Lipinski definition) is 4. The van der Waals surface area contributed by atoms with Gasteiger partial charge in [0.15, 0.2) is 5.96 Å². The lowest BCUT2D eigenvalue weighted by atomic mass is 10.1. The number of likely N-dealkylation sites (tertiary alicyclic amines) is 1. The van der Waals surface area contributed by atoms with Gasteiger partial charge in [0.1, 0.15) is 0 Å². The molecule has 0 amide bonds. The standard InChI is InChI=1S/C22H36ClN5O.HI/c1-3-29-19-9-13-28(14-10-19)22(24-2)25-11-6-12-26-15-17-27(18-16-26)21-8-5-4-7-20(21)23;/h4-5,7-8,19H,3,6,9-18H2,1-2H3,(H,24,25);1H. The van der Waals surface area contributed by atoms with Crippen molar-refractivity contribution < 1.29 is 4.74 Å². The molecule has 2 fully saturated rings. The first-order valence-corrected chi connectivity index (χ1v) is 11.4.